The van der Waals surface area contributed by atoms with Gasteiger partial charge in [0.25, 0.3) is 11.8 Å². The largest absolute Gasteiger partial charge is 0.353 e. The van der Waals surface area contributed by atoms with Gasteiger partial charge in [0.05, 0.1) is 0 Å². The summed E-state index contributed by atoms with van der Waals surface area (Å²) in [4.78, 5) is 30.8. The summed E-state index contributed by atoms with van der Waals surface area (Å²) >= 11 is 0. The number of nitrogens with one attached hydrogen (secondary N) is 2. The van der Waals surface area contributed by atoms with Crippen LogP contribution < -0.4 is 20.4 Å². The van der Waals surface area contributed by atoms with Gasteiger partial charge in [-0.25, -0.2) is 0 Å². The molecule has 0 atom stereocenters. The first kappa shape index (κ1) is 27.4. The third-order valence-corrected chi connectivity index (χ3v) is 7.33. The Bertz CT molecular complexity index is 1210. The number of hydrogen-bond donors (Lipinski definition) is 2. The molecule has 3 aliphatic rings. The fourth-order valence-electron chi connectivity index (χ4n) is 4.76. The van der Waals surface area contributed by atoms with Gasteiger partial charge >= 0.3 is 0 Å². The number of aromatic nitrogens is 4. The van der Waals surface area contributed by atoms with E-state index >= 15 is 0 Å². The Hall–Kier alpha value is -4.12. The van der Waals surface area contributed by atoms with Crippen molar-refractivity contribution in [2.45, 2.75) is 19.3 Å². The van der Waals surface area contributed by atoms with Crippen LogP contribution in [0.3, 0.4) is 0 Å². The highest BCUT2D eigenvalue weighted by molar-refractivity contribution is 5.94. The molecule has 1 aliphatic carbocycles. The van der Waals surface area contributed by atoms with Crippen LogP contribution in [0.4, 0.5) is 11.6 Å². The third kappa shape index (κ3) is 7.72. The average molecular weight is 544 g/mol. The summed E-state index contributed by atoms with van der Waals surface area (Å²) in [5.41, 5.74) is 1.06. The summed E-state index contributed by atoms with van der Waals surface area (Å²) in [7, 11) is 0. The summed E-state index contributed by atoms with van der Waals surface area (Å²) in [5.74, 6) is 2.41. The molecule has 11 heteroatoms. The quantitative estimate of drug-likeness (QED) is 0.460. The van der Waals surface area contributed by atoms with Crippen molar-refractivity contribution < 1.29 is 9.59 Å². The fraction of sp³-hybridized carbons (Fsp3) is 0.448. The Labute approximate surface area is 235 Å². The Balaban J connectivity index is 0.000000223. The van der Waals surface area contributed by atoms with Crippen molar-refractivity contribution in [3.63, 3.8) is 0 Å². The predicted molar refractivity (Wildman–Crippen MR) is 153 cm³/mol. The van der Waals surface area contributed by atoms with E-state index in [9.17, 15) is 9.59 Å². The Morgan fingerprint density at radius 3 is 2.17 bits per heavy atom. The van der Waals surface area contributed by atoms with E-state index < -0.39 is 0 Å². The normalized spacial score (nSPS) is 17.1. The van der Waals surface area contributed by atoms with E-state index in [-0.39, 0.29) is 11.8 Å². The molecule has 1 saturated carbocycles. The molecular weight excluding hydrogens is 506 g/mol. The minimum absolute atomic E-state index is 0.0598. The molecule has 40 heavy (non-hydrogen) atoms. The second kappa shape index (κ2) is 13.8. The van der Waals surface area contributed by atoms with Crippen LogP contribution in [-0.2, 0) is 0 Å². The number of nitrogens with zero attached hydrogens (tertiary/aromatic N) is 7. The van der Waals surface area contributed by atoms with Gasteiger partial charge in [-0.05, 0) is 48.7 Å². The molecule has 11 nitrogen and oxygen atoms in total. The lowest BCUT2D eigenvalue weighted by atomic mass is 10.2. The molecule has 0 radical (unpaired) electrons. The maximum atomic E-state index is 12.5. The molecule has 1 aromatic carbocycles. The minimum atomic E-state index is -0.169. The van der Waals surface area contributed by atoms with Crippen LogP contribution >= 0.6 is 0 Å². The minimum Gasteiger partial charge on any atom is -0.353 e. The first-order chi connectivity index (χ1) is 19.7. The maximum Gasteiger partial charge on any atom is 0.271 e. The van der Waals surface area contributed by atoms with Crippen molar-refractivity contribution in [1.82, 2.24) is 35.9 Å². The molecule has 2 saturated heterocycles. The number of piperazine rings is 2. The van der Waals surface area contributed by atoms with Gasteiger partial charge in [0.2, 0.25) is 0 Å². The molecule has 3 aromatic rings. The summed E-state index contributed by atoms with van der Waals surface area (Å²) in [5, 5.41) is 22.4. The van der Waals surface area contributed by atoms with E-state index in [1.54, 1.807) is 12.3 Å². The molecule has 210 valence electrons. The van der Waals surface area contributed by atoms with Crippen LogP contribution in [0.15, 0.2) is 60.8 Å². The van der Waals surface area contributed by atoms with Gasteiger partial charge < -0.3 is 25.3 Å². The first-order valence-corrected chi connectivity index (χ1v) is 14.1. The van der Waals surface area contributed by atoms with Crippen molar-refractivity contribution in [3.05, 3.63) is 72.1 Å². The highest BCUT2D eigenvalue weighted by Gasteiger charge is 2.24. The molecule has 0 bridgehead atoms. The Morgan fingerprint density at radius 1 is 0.800 bits per heavy atom. The van der Waals surface area contributed by atoms with Gasteiger partial charge in [0, 0.05) is 70.7 Å². The van der Waals surface area contributed by atoms with E-state index in [1.807, 2.05) is 53.4 Å². The highest BCUT2D eigenvalue weighted by Crippen LogP contribution is 2.31. The van der Waals surface area contributed by atoms with Gasteiger partial charge in [-0.1, -0.05) is 31.0 Å². The molecule has 0 spiro atoms. The van der Waals surface area contributed by atoms with Crippen molar-refractivity contribution in [2.75, 3.05) is 68.7 Å². The molecular formula is C29H37N9O2. The van der Waals surface area contributed by atoms with Gasteiger partial charge in [0.1, 0.15) is 0 Å². The lowest BCUT2D eigenvalue weighted by Crippen LogP contribution is -2.49. The summed E-state index contributed by atoms with van der Waals surface area (Å²) in [6.07, 6.45) is 5.32. The standard InChI is InChI=1S/C21H25N5O2.C8H12N4/c27-20(22-11-10-16-6-7-16)18-8-9-19(24-23-18)25-12-14-26(15-13-25)21(28)17-4-2-1-3-5-17;1-2-8(11-10-3-1)12-6-4-9-5-7-12/h1-5,8-9,16H,6-7,10-15H2,(H,22,27);1-3,9H,4-7H2. The summed E-state index contributed by atoms with van der Waals surface area (Å²) in [6, 6.07) is 16.8. The van der Waals surface area contributed by atoms with Crippen molar-refractivity contribution in [2.24, 2.45) is 5.92 Å². The van der Waals surface area contributed by atoms with E-state index in [4.69, 9.17) is 0 Å². The van der Waals surface area contributed by atoms with E-state index in [2.05, 4.69) is 40.8 Å². The smallest absolute Gasteiger partial charge is 0.271 e. The molecule has 2 aliphatic heterocycles. The number of benzene rings is 1. The van der Waals surface area contributed by atoms with Crippen LogP contribution in [0.25, 0.3) is 0 Å². The lowest BCUT2D eigenvalue weighted by molar-refractivity contribution is 0.0746. The van der Waals surface area contributed by atoms with Crippen molar-refractivity contribution in [3.8, 4) is 0 Å². The zero-order chi connectivity index (χ0) is 27.6. The lowest BCUT2D eigenvalue weighted by Gasteiger charge is -2.35. The van der Waals surface area contributed by atoms with Crippen LogP contribution in [0.1, 0.15) is 40.1 Å². The molecule has 2 aromatic heterocycles. The number of amides is 2. The second-order valence-electron chi connectivity index (χ2n) is 10.2. The number of rotatable bonds is 7. The summed E-state index contributed by atoms with van der Waals surface area (Å²) in [6.45, 7) is 7.49. The topological polar surface area (TPSA) is 119 Å². The number of anilines is 2. The molecule has 3 fully saturated rings. The second-order valence-corrected chi connectivity index (χ2v) is 10.2. The monoisotopic (exact) mass is 543 g/mol. The van der Waals surface area contributed by atoms with Crippen LogP contribution in [0.2, 0.25) is 0 Å². The van der Waals surface area contributed by atoms with Crippen molar-refractivity contribution in [1.29, 1.82) is 0 Å². The molecule has 2 N–H and O–H groups in total. The van der Waals surface area contributed by atoms with Gasteiger partial charge in [-0.3, -0.25) is 9.59 Å². The third-order valence-electron chi connectivity index (χ3n) is 7.33. The summed E-state index contributed by atoms with van der Waals surface area (Å²) < 4.78 is 0. The highest BCUT2D eigenvalue weighted by atomic mass is 16.2. The van der Waals surface area contributed by atoms with Gasteiger partial charge in [-0.2, -0.15) is 5.10 Å². The zero-order valence-corrected chi connectivity index (χ0v) is 22.8. The first-order valence-electron chi connectivity index (χ1n) is 14.1. The molecule has 2 amide bonds. The van der Waals surface area contributed by atoms with E-state index in [0.29, 0.717) is 44.0 Å². The molecule has 6 rings (SSSR count). The van der Waals surface area contributed by atoms with Crippen LogP contribution in [-0.4, -0.2) is 96.0 Å². The maximum absolute atomic E-state index is 12.5. The van der Waals surface area contributed by atoms with Crippen LogP contribution in [0, 0.1) is 5.92 Å². The number of carbonyl (C=O) groups excluding carboxylic acids is 2. The zero-order valence-electron chi connectivity index (χ0n) is 22.8. The number of hydrogen-bond acceptors (Lipinski definition) is 9. The Morgan fingerprint density at radius 2 is 1.52 bits per heavy atom. The fourth-order valence-corrected chi connectivity index (χ4v) is 4.76. The SMILES string of the molecule is O=C(NCCC1CC1)c1ccc(N2CCN(C(=O)c3ccccc3)CC2)nn1.c1cnnc(N2CCNCC2)c1. The van der Waals surface area contributed by atoms with E-state index in [1.165, 1.54) is 12.8 Å². The predicted octanol–water partition coefficient (Wildman–Crippen LogP) is 1.86. The number of carbonyl (C=O) groups is 2. The Kier molecular flexibility index (Phi) is 9.46. The van der Waals surface area contributed by atoms with Crippen molar-refractivity contribution >= 4 is 23.5 Å². The van der Waals surface area contributed by atoms with Gasteiger partial charge in [0.15, 0.2) is 17.3 Å². The van der Waals surface area contributed by atoms with Gasteiger partial charge in [-0.15, -0.1) is 15.3 Å². The van der Waals surface area contributed by atoms with Crippen LogP contribution in [0.5, 0.6) is 0 Å². The van der Waals surface area contributed by atoms with E-state index in [0.717, 1.165) is 50.2 Å². The molecule has 4 heterocycles. The molecule has 0 unspecified atom stereocenters. The average Bonchev–Trinajstić information content (AvgIpc) is 3.87.